The molecule has 0 spiro atoms. The van der Waals surface area contributed by atoms with Crippen molar-refractivity contribution in [1.82, 2.24) is 24.7 Å². The predicted octanol–water partition coefficient (Wildman–Crippen LogP) is 1.85. The summed E-state index contributed by atoms with van der Waals surface area (Å²) in [4.78, 5) is 15.9. The van der Waals surface area contributed by atoms with Gasteiger partial charge in [-0.1, -0.05) is 37.3 Å². The molecule has 0 saturated carbocycles. The van der Waals surface area contributed by atoms with Crippen molar-refractivity contribution in [2.75, 3.05) is 31.1 Å². The minimum absolute atomic E-state index is 0.216. The molecule has 4 rings (SSSR count). The molecule has 1 fully saturated rings. The van der Waals surface area contributed by atoms with Crippen LogP contribution in [0.4, 0.5) is 5.82 Å². The van der Waals surface area contributed by atoms with E-state index in [0.29, 0.717) is 6.42 Å². The van der Waals surface area contributed by atoms with Crippen molar-refractivity contribution in [2.45, 2.75) is 13.3 Å². The van der Waals surface area contributed by atoms with Gasteiger partial charge in [-0.3, -0.25) is 4.79 Å². The number of carbonyl (C=O) groups excluding carboxylic acids is 1. The number of rotatable bonds is 3. The molecule has 0 radical (unpaired) electrons. The molecule has 0 aliphatic carbocycles. The zero-order valence-corrected chi connectivity index (χ0v) is 14.2. The van der Waals surface area contributed by atoms with Crippen LogP contribution in [0.5, 0.6) is 0 Å². The lowest BCUT2D eigenvalue weighted by atomic mass is 10.2. The van der Waals surface area contributed by atoms with Gasteiger partial charge in [0.25, 0.3) is 0 Å². The van der Waals surface area contributed by atoms with Crippen LogP contribution in [-0.2, 0) is 4.79 Å². The van der Waals surface area contributed by atoms with Crippen molar-refractivity contribution in [3.8, 4) is 11.4 Å². The van der Waals surface area contributed by atoms with Gasteiger partial charge in [-0.2, -0.15) is 4.52 Å². The quantitative estimate of drug-likeness (QED) is 0.730. The lowest BCUT2D eigenvalue weighted by Gasteiger charge is -2.35. The molecular weight excluding hydrogens is 316 g/mol. The number of hydrogen-bond acceptors (Lipinski definition) is 5. The Hall–Kier alpha value is -2.96. The molecule has 3 aromatic rings. The Morgan fingerprint density at radius 2 is 1.76 bits per heavy atom. The molecule has 0 atom stereocenters. The average Bonchev–Trinajstić information content (AvgIpc) is 3.11. The fourth-order valence-electron chi connectivity index (χ4n) is 3.12. The van der Waals surface area contributed by atoms with Crippen molar-refractivity contribution in [1.29, 1.82) is 0 Å². The third-order valence-corrected chi connectivity index (χ3v) is 4.54. The summed E-state index contributed by atoms with van der Waals surface area (Å²) < 4.78 is 1.79. The van der Waals surface area contributed by atoms with Crippen molar-refractivity contribution in [3.05, 3.63) is 42.5 Å². The van der Waals surface area contributed by atoms with E-state index in [2.05, 4.69) is 15.1 Å². The van der Waals surface area contributed by atoms with Crippen LogP contribution >= 0.6 is 0 Å². The van der Waals surface area contributed by atoms with Gasteiger partial charge in [0.15, 0.2) is 11.5 Å². The highest BCUT2D eigenvalue weighted by Gasteiger charge is 2.21. The molecule has 128 valence electrons. The van der Waals surface area contributed by atoms with Crippen LogP contribution in [0.2, 0.25) is 0 Å². The summed E-state index contributed by atoms with van der Waals surface area (Å²) in [6.45, 7) is 4.95. The van der Waals surface area contributed by atoms with Gasteiger partial charge in [-0.15, -0.1) is 15.3 Å². The summed E-state index contributed by atoms with van der Waals surface area (Å²) in [5, 5.41) is 13.2. The zero-order valence-electron chi connectivity index (χ0n) is 14.2. The largest absolute Gasteiger partial charge is 0.352 e. The number of benzene rings is 1. The first-order valence-corrected chi connectivity index (χ1v) is 8.57. The van der Waals surface area contributed by atoms with Gasteiger partial charge in [0.1, 0.15) is 5.82 Å². The van der Waals surface area contributed by atoms with Crippen LogP contribution in [0.1, 0.15) is 13.3 Å². The van der Waals surface area contributed by atoms with Gasteiger partial charge in [-0.25, -0.2) is 0 Å². The van der Waals surface area contributed by atoms with Crippen LogP contribution in [-0.4, -0.2) is 56.8 Å². The summed E-state index contributed by atoms with van der Waals surface area (Å²) in [5.41, 5.74) is 1.71. The number of fused-ring (bicyclic) bond motifs is 1. The molecular formula is C18H20N6O. The molecule has 3 heterocycles. The van der Waals surface area contributed by atoms with E-state index in [1.54, 1.807) is 4.52 Å². The first kappa shape index (κ1) is 15.6. The highest BCUT2D eigenvalue weighted by Crippen LogP contribution is 2.20. The number of hydrogen-bond donors (Lipinski definition) is 0. The van der Waals surface area contributed by atoms with E-state index in [0.717, 1.165) is 49.0 Å². The SMILES string of the molecule is CCC(=O)N1CCN(c2ccc3nnc(-c4ccccc4)n3n2)CC1. The lowest BCUT2D eigenvalue weighted by Crippen LogP contribution is -2.49. The number of piperazine rings is 1. The molecule has 1 amide bonds. The van der Waals surface area contributed by atoms with Gasteiger partial charge in [0.2, 0.25) is 5.91 Å². The van der Waals surface area contributed by atoms with Crippen molar-refractivity contribution in [3.63, 3.8) is 0 Å². The Morgan fingerprint density at radius 3 is 2.48 bits per heavy atom. The smallest absolute Gasteiger partial charge is 0.222 e. The Balaban J connectivity index is 1.61. The molecule has 25 heavy (non-hydrogen) atoms. The molecule has 1 aromatic carbocycles. The van der Waals surface area contributed by atoms with Crippen molar-refractivity contribution < 1.29 is 4.79 Å². The van der Waals surface area contributed by atoms with Gasteiger partial charge in [0.05, 0.1) is 0 Å². The summed E-state index contributed by atoms with van der Waals surface area (Å²) in [6, 6.07) is 13.8. The molecule has 1 aliphatic heterocycles. The molecule has 0 bridgehead atoms. The van der Waals surface area contributed by atoms with E-state index in [1.807, 2.05) is 54.3 Å². The highest BCUT2D eigenvalue weighted by atomic mass is 16.2. The predicted molar refractivity (Wildman–Crippen MR) is 95.3 cm³/mol. The number of nitrogens with zero attached hydrogens (tertiary/aromatic N) is 6. The first-order valence-electron chi connectivity index (χ1n) is 8.57. The minimum atomic E-state index is 0.216. The van der Waals surface area contributed by atoms with E-state index in [-0.39, 0.29) is 5.91 Å². The standard InChI is InChI=1S/C18H20N6O/c1-2-17(25)23-12-10-22(11-13-23)16-9-8-15-19-20-18(24(15)21-16)14-6-4-3-5-7-14/h3-9H,2,10-13H2,1H3. The second-order valence-corrected chi connectivity index (χ2v) is 6.07. The van der Waals surface area contributed by atoms with Gasteiger partial charge < -0.3 is 9.80 Å². The fourth-order valence-corrected chi connectivity index (χ4v) is 3.12. The lowest BCUT2D eigenvalue weighted by molar-refractivity contribution is -0.131. The number of amides is 1. The van der Waals surface area contributed by atoms with Gasteiger partial charge in [0, 0.05) is 38.2 Å². The zero-order chi connectivity index (χ0) is 17.2. The monoisotopic (exact) mass is 336 g/mol. The van der Waals surface area contributed by atoms with E-state index in [9.17, 15) is 4.79 Å². The van der Waals surface area contributed by atoms with Gasteiger partial charge >= 0.3 is 0 Å². The second kappa shape index (κ2) is 6.51. The third-order valence-electron chi connectivity index (χ3n) is 4.54. The molecule has 1 aliphatic rings. The molecule has 2 aromatic heterocycles. The van der Waals surface area contributed by atoms with Crippen LogP contribution in [0.15, 0.2) is 42.5 Å². The van der Waals surface area contributed by atoms with Crippen LogP contribution in [0.25, 0.3) is 17.0 Å². The van der Waals surface area contributed by atoms with Crippen LogP contribution < -0.4 is 4.90 Å². The number of aromatic nitrogens is 4. The Kier molecular flexibility index (Phi) is 4.05. The normalized spacial score (nSPS) is 14.9. The first-order chi connectivity index (χ1) is 12.3. The van der Waals surface area contributed by atoms with Crippen LogP contribution in [0, 0.1) is 0 Å². The third kappa shape index (κ3) is 2.93. The van der Waals surface area contributed by atoms with Gasteiger partial charge in [-0.05, 0) is 12.1 Å². The minimum Gasteiger partial charge on any atom is -0.352 e. The fraction of sp³-hybridized carbons (Fsp3) is 0.333. The topological polar surface area (TPSA) is 66.6 Å². The Bertz CT molecular complexity index is 883. The van der Waals surface area contributed by atoms with E-state index in [4.69, 9.17) is 5.10 Å². The second-order valence-electron chi connectivity index (χ2n) is 6.07. The maximum absolute atomic E-state index is 11.8. The summed E-state index contributed by atoms with van der Waals surface area (Å²) in [6.07, 6.45) is 0.561. The highest BCUT2D eigenvalue weighted by molar-refractivity contribution is 5.76. The molecule has 7 heteroatoms. The molecule has 0 N–H and O–H groups in total. The van der Waals surface area contributed by atoms with Crippen LogP contribution in [0.3, 0.4) is 0 Å². The maximum atomic E-state index is 11.8. The number of anilines is 1. The maximum Gasteiger partial charge on any atom is 0.222 e. The summed E-state index contributed by atoms with van der Waals surface area (Å²) >= 11 is 0. The Morgan fingerprint density at radius 1 is 1.00 bits per heavy atom. The van der Waals surface area contributed by atoms with E-state index >= 15 is 0 Å². The van der Waals surface area contributed by atoms with E-state index in [1.165, 1.54) is 0 Å². The van der Waals surface area contributed by atoms with E-state index < -0.39 is 0 Å². The van der Waals surface area contributed by atoms with Crippen molar-refractivity contribution >= 4 is 17.4 Å². The Labute approximate surface area is 145 Å². The summed E-state index contributed by atoms with van der Waals surface area (Å²) in [7, 11) is 0. The molecule has 1 saturated heterocycles. The molecule has 7 nitrogen and oxygen atoms in total. The number of carbonyl (C=O) groups is 1. The average molecular weight is 336 g/mol. The summed E-state index contributed by atoms with van der Waals surface area (Å²) in [5.74, 6) is 1.83. The molecule has 0 unspecified atom stereocenters. The van der Waals surface area contributed by atoms with Crippen molar-refractivity contribution in [2.24, 2.45) is 0 Å².